The Bertz CT molecular complexity index is 1290. The van der Waals surface area contributed by atoms with Gasteiger partial charge in [-0.1, -0.05) is 18.2 Å². The average Bonchev–Trinajstić information content (AvgIpc) is 2.80. The summed E-state index contributed by atoms with van der Waals surface area (Å²) in [6, 6.07) is 19.4. The number of carbonyl (C=O) groups is 2. The summed E-state index contributed by atoms with van der Waals surface area (Å²) in [6.45, 7) is 2.04. The van der Waals surface area contributed by atoms with Crippen molar-refractivity contribution >= 4 is 56.0 Å². The lowest BCUT2D eigenvalue weighted by Crippen LogP contribution is -2.12. The first kappa shape index (κ1) is 21.5. The van der Waals surface area contributed by atoms with Gasteiger partial charge in [-0.05, 0) is 71.4 Å². The van der Waals surface area contributed by atoms with Crippen LogP contribution in [0, 0.1) is 0 Å². The minimum atomic E-state index is -0.416. The Morgan fingerprint density at radius 3 is 2.47 bits per heavy atom. The number of hydrogen-bond acceptors (Lipinski definition) is 6. The zero-order valence-electron chi connectivity index (χ0n) is 17.1. The van der Waals surface area contributed by atoms with E-state index < -0.39 is 5.97 Å². The Kier molecular flexibility index (Phi) is 6.42. The van der Waals surface area contributed by atoms with Gasteiger partial charge < -0.3 is 15.4 Å². The molecule has 3 aromatic carbocycles. The molecule has 0 fully saturated rings. The third-order valence-corrected chi connectivity index (χ3v) is 5.24. The smallest absolute Gasteiger partial charge is 0.338 e. The van der Waals surface area contributed by atoms with Gasteiger partial charge in [0.1, 0.15) is 0 Å². The van der Waals surface area contributed by atoms with E-state index in [0.717, 1.165) is 21.1 Å². The average molecular weight is 491 g/mol. The van der Waals surface area contributed by atoms with Crippen LogP contribution in [-0.2, 0) is 4.74 Å². The number of esters is 1. The molecule has 8 heteroatoms. The van der Waals surface area contributed by atoms with Crippen LogP contribution >= 0.6 is 15.9 Å². The predicted octanol–water partition coefficient (Wildman–Crippen LogP) is 5.56. The van der Waals surface area contributed by atoms with Gasteiger partial charge in [-0.2, -0.15) is 0 Å². The molecule has 0 radical (unpaired) electrons. The van der Waals surface area contributed by atoms with Crippen molar-refractivity contribution in [3.05, 3.63) is 88.5 Å². The van der Waals surface area contributed by atoms with Gasteiger partial charge in [0.15, 0.2) is 0 Å². The summed E-state index contributed by atoms with van der Waals surface area (Å²) < 4.78 is 5.84. The minimum absolute atomic E-state index is 0.288. The molecule has 160 valence electrons. The number of para-hydroxylation sites is 1. The largest absolute Gasteiger partial charge is 0.462 e. The van der Waals surface area contributed by atoms with Crippen molar-refractivity contribution in [2.24, 2.45) is 0 Å². The van der Waals surface area contributed by atoms with Crippen LogP contribution in [0.4, 0.5) is 17.3 Å². The number of hydrogen-bond donors (Lipinski definition) is 2. The second-order valence-electron chi connectivity index (χ2n) is 6.83. The molecule has 0 unspecified atom stereocenters. The second kappa shape index (κ2) is 9.57. The summed E-state index contributed by atoms with van der Waals surface area (Å²) in [5, 5.41) is 6.95. The zero-order chi connectivity index (χ0) is 22.5. The van der Waals surface area contributed by atoms with Crippen LogP contribution in [0.2, 0.25) is 0 Å². The maximum Gasteiger partial charge on any atom is 0.338 e. The highest BCUT2D eigenvalue weighted by Gasteiger charge is 2.10. The molecule has 4 rings (SSSR count). The first-order chi connectivity index (χ1) is 15.5. The van der Waals surface area contributed by atoms with Crippen molar-refractivity contribution < 1.29 is 14.3 Å². The third kappa shape index (κ3) is 4.92. The highest BCUT2D eigenvalue weighted by Crippen LogP contribution is 2.24. The van der Waals surface area contributed by atoms with Gasteiger partial charge in [0.25, 0.3) is 5.91 Å². The molecule has 0 bridgehead atoms. The summed E-state index contributed by atoms with van der Waals surface area (Å²) in [5.41, 5.74) is 2.97. The first-order valence-corrected chi connectivity index (χ1v) is 10.7. The van der Waals surface area contributed by atoms with Crippen LogP contribution in [0.15, 0.2) is 77.4 Å². The summed E-state index contributed by atoms with van der Waals surface area (Å²) in [5.74, 6) is -0.257. The molecular formula is C24H19BrN4O3. The first-order valence-electron chi connectivity index (χ1n) is 9.90. The molecule has 7 nitrogen and oxygen atoms in total. The van der Waals surface area contributed by atoms with Gasteiger partial charge >= 0.3 is 5.97 Å². The number of carbonyl (C=O) groups excluding carboxylic acids is 2. The number of ether oxygens (including phenoxy) is 1. The minimum Gasteiger partial charge on any atom is -0.462 e. The van der Waals surface area contributed by atoms with Crippen molar-refractivity contribution in [3.63, 3.8) is 0 Å². The number of rotatable bonds is 6. The van der Waals surface area contributed by atoms with Gasteiger partial charge in [0.2, 0.25) is 5.95 Å². The number of aromatic nitrogens is 2. The number of nitrogens with one attached hydrogen (secondary N) is 2. The summed E-state index contributed by atoms with van der Waals surface area (Å²) in [6.07, 6.45) is 1.75. The molecule has 1 amide bonds. The number of benzene rings is 3. The summed E-state index contributed by atoms with van der Waals surface area (Å²) >= 11 is 3.51. The number of halogens is 1. The Hall–Kier alpha value is -3.78. The fourth-order valence-corrected chi connectivity index (χ4v) is 3.53. The zero-order valence-corrected chi connectivity index (χ0v) is 18.7. The molecule has 0 aliphatic rings. The molecule has 0 aliphatic heterocycles. The molecule has 1 heterocycles. The van der Waals surface area contributed by atoms with Gasteiger partial charge in [0.05, 0.1) is 17.7 Å². The summed E-state index contributed by atoms with van der Waals surface area (Å²) in [4.78, 5) is 33.2. The Morgan fingerprint density at radius 2 is 1.69 bits per heavy atom. The topological polar surface area (TPSA) is 93.2 Å². The second-order valence-corrected chi connectivity index (χ2v) is 7.68. The predicted molar refractivity (Wildman–Crippen MR) is 127 cm³/mol. The lowest BCUT2D eigenvalue weighted by molar-refractivity contribution is 0.0526. The van der Waals surface area contributed by atoms with E-state index in [9.17, 15) is 9.59 Å². The lowest BCUT2D eigenvalue weighted by atomic mass is 10.1. The van der Waals surface area contributed by atoms with Gasteiger partial charge in [-0.3, -0.25) is 4.79 Å². The van der Waals surface area contributed by atoms with Crippen molar-refractivity contribution in [2.75, 3.05) is 17.2 Å². The normalized spacial score (nSPS) is 10.6. The maximum atomic E-state index is 12.6. The molecular weight excluding hydrogens is 472 g/mol. The van der Waals surface area contributed by atoms with Crippen LogP contribution in [0.25, 0.3) is 10.9 Å². The fourth-order valence-electron chi connectivity index (χ4n) is 3.06. The monoisotopic (exact) mass is 490 g/mol. The van der Waals surface area contributed by atoms with E-state index >= 15 is 0 Å². The molecule has 2 N–H and O–H groups in total. The summed E-state index contributed by atoms with van der Waals surface area (Å²) in [7, 11) is 0. The lowest BCUT2D eigenvalue weighted by Gasteiger charge is -2.10. The van der Waals surface area contributed by atoms with E-state index in [1.165, 1.54) is 0 Å². The van der Waals surface area contributed by atoms with Crippen molar-refractivity contribution in [1.82, 2.24) is 9.97 Å². The standard InChI is InChI=1S/C24H19BrN4O3/c1-2-32-23(31)16-11-9-15(10-12-16)22(30)27-18-6-4-7-19(13-18)28-24-26-14-17-5-3-8-20(25)21(17)29-24/h3-14H,2H2,1H3,(H,27,30)(H,26,28,29). The molecule has 0 saturated carbocycles. The van der Waals surface area contributed by atoms with Crippen LogP contribution < -0.4 is 10.6 Å². The van der Waals surface area contributed by atoms with E-state index in [2.05, 4.69) is 36.5 Å². The molecule has 1 aromatic heterocycles. The fraction of sp³-hybridized carbons (Fsp3) is 0.0833. The molecule has 32 heavy (non-hydrogen) atoms. The van der Waals surface area contributed by atoms with Crippen molar-refractivity contribution in [2.45, 2.75) is 6.92 Å². The Balaban J connectivity index is 1.47. The van der Waals surface area contributed by atoms with Crippen LogP contribution in [-0.4, -0.2) is 28.5 Å². The van der Waals surface area contributed by atoms with Crippen LogP contribution in [0.1, 0.15) is 27.6 Å². The molecule has 0 aliphatic carbocycles. The van der Waals surface area contributed by atoms with Crippen molar-refractivity contribution in [3.8, 4) is 0 Å². The van der Waals surface area contributed by atoms with Crippen LogP contribution in [0.3, 0.4) is 0 Å². The maximum absolute atomic E-state index is 12.6. The van der Waals surface area contributed by atoms with Gasteiger partial charge in [0, 0.05) is 33.0 Å². The highest BCUT2D eigenvalue weighted by molar-refractivity contribution is 9.10. The number of nitrogens with zero attached hydrogens (tertiary/aromatic N) is 2. The number of fused-ring (bicyclic) bond motifs is 1. The highest BCUT2D eigenvalue weighted by atomic mass is 79.9. The number of anilines is 3. The SMILES string of the molecule is CCOC(=O)c1ccc(C(=O)Nc2cccc(Nc3ncc4cccc(Br)c4n3)c2)cc1. The molecule has 0 atom stereocenters. The van der Waals surface area contributed by atoms with E-state index in [-0.39, 0.29) is 5.91 Å². The van der Waals surface area contributed by atoms with Gasteiger partial charge in [-0.15, -0.1) is 0 Å². The number of amides is 1. The Morgan fingerprint density at radius 1 is 0.969 bits per heavy atom. The molecule has 4 aromatic rings. The van der Waals surface area contributed by atoms with E-state index in [1.54, 1.807) is 49.5 Å². The third-order valence-electron chi connectivity index (χ3n) is 4.60. The van der Waals surface area contributed by atoms with E-state index in [4.69, 9.17) is 4.74 Å². The Labute approximate surface area is 193 Å². The quantitative estimate of drug-likeness (QED) is 0.343. The van der Waals surface area contributed by atoms with E-state index in [0.29, 0.717) is 29.4 Å². The van der Waals surface area contributed by atoms with Crippen LogP contribution in [0.5, 0.6) is 0 Å². The molecule has 0 spiro atoms. The molecule has 0 saturated heterocycles. The van der Waals surface area contributed by atoms with E-state index in [1.807, 2.05) is 30.3 Å². The van der Waals surface area contributed by atoms with Crippen molar-refractivity contribution in [1.29, 1.82) is 0 Å². The van der Waals surface area contributed by atoms with Gasteiger partial charge in [-0.25, -0.2) is 14.8 Å².